The molecule has 0 unspecified atom stereocenters. The van der Waals surface area contributed by atoms with Gasteiger partial charge in [0.05, 0.1) is 13.2 Å². The number of likely N-dealkylation sites (N-methyl/N-ethyl adjacent to an activating group) is 4. The number of nitrogens with zero attached hydrogens (tertiary/aromatic N) is 4. The van der Waals surface area contributed by atoms with E-state index in [1.807, 2.05) is 32.3 Å². The molecule has 0 saturated carbocycles. The first-order valence-corrected chi connectivity index (χ1v) is 26.8. The summed E-state index contributed by atoms with van der Waals surface area (Å²) in [4.78, 5) is 8.91. The van der Waals surface area contributed by atoms with Gasteiger partial charge in [0.25, 0.3) is 0 Å². The first-order chi connectivity index (χ1) is 34.2. The summed E-state index contributed by atoms with van der Waals surface area (Å²) in [6.07, 6.45) is 2.66. The normalized spacial score (nSPS) is 24.0. The van der Waals surface area contributed by atoms with E-state index in [-0.39, 0.29) is 33.8 Å². The minimum Gasteiger partial charge on any atom is -0.497 e. The highest BCUT2D eigenvalue weighted by Gasteiger charge is 2.29. The topological polar surface area (TPSA) is 269 Å². The van der Waals surface area contributed by atoms with Crippen LogP contribution in [0.1, 0.15) is 38.3 Å². The maximum Gasteiger partial charge on any atom is 0.118 e. The van der Waals surface area contributed by atoms with E-state index < -0.39 is 0 Å². The fraction of sp³-hybridized carbons (Fsp3) is 0.774. The van der Waals surface area contributed by atoms with Crippen LogP contribution in [0.15, 0.2) is 54.6 Å². The molecule has 6 saturated heterocycles. The molecule has 0 radical (unpaired) electrons. The van der Waals surface area contributed by atoms with Gasteiger partial charge < -0.3 is 101 Å². The van der Waals surface area contributed by atoms with Crippen LogP contribution in [0.3, 0.4) is 0 Å². The quantitative estimate of drug-likeness (QED) is 0.140. The minimum absolute atomic E-state index is 0.0174. The number of benzene rings is 2. The lowest BCUT2D eigenvalue weighted by Crippen LogP contribution is -2.54. The van der Waals surface area contributed by atoms with E-state index in [9.17, 15) is 5.11 Å². The van der Waals surface area contributed by atoms with E-state index in [4.69, 9.17) is 33.4 Å². The third-order valence-corrected chi connectivity index (χ3v) is 13.7. The highest BCUT2D eigenvalue weighted by Crippen LogP contribution is 2.16. The standard InChI is InChI=1S/C13H21N3O.C12H19N3.C8H19N3.C7H17N3.C7H16N2O.C6H15N3/c1-17-12-4-2-11(3-5-12)8-13(14)9-15-6-7-16-10-13;13-12(9-14-6-7-15-10-12)8-11-4-2-1-3-5-11;1-8(9)6-10(2)4-5-11(3)7-8;1-2-7(8)5-9-3-4-10-6-7;1-8-3-4-9(2)6-7(10)5-8;1-6(7)4-8-2-3-9-5-6/h2-5,15-16H,6-10,14H2,1H3;1-5,14-15H,6-10,13H2;4-7,9H2,1-3H3;9-10H,2-6,8H2,1H3;7,10H,3-6H2,1-2H3;8-9H,2-5,7H2,1H3. The van der Waals surface area contributed by atoms with Gasteiger partial charge in [0, 0.05) is 185 Å². The third-order valence-electron chi connectivity index (χ3n) is 13.7. The average Bonchev–Trinajstić information content (AvgIpc) is 3.94. The summed E-state index contributed by atoms with van der Waals surface area (Å²) in [7, 11) is 10.0. The molecule has 0 atom stereocenters. The monoisotopic (exact) mass is 1010 g/mol. The second-order valence-corrected chi connectivity index (χ2v) is 22.5. The molecule has 0 aromatic heterocycles. The number of nitrogens with one attached hydrogen (secondary N) is 8. The van der Waals surface area contributed by atoms with E-state index in [0.717, 1.165) is 182 Å². The van der Waals surface area contributed by atoms with Crippen molar-refractivity contribution in [3.8, 4) is 5.75 Å². The Morgan fingerprint density at radius 2 is 0.819 bits per heavy atom. The average molecular weight is 1010 g/mol. The number of rotatable bonds is 6. The molecule has 19 N–H and O–H groups in total. The van der Waals surface area contributed by atoms with Crippen LogP contribution in [-0.2, 0) is 12.8 Å². The summed E-state index contributed by atoms with van der Waals surface area (Å²) in [5, 5.41) is 35.9. The predicted octanol–water partition coefficient (Wildman–Crippen LogP) is -2.76. The molecule has 2 aromatic rings. The molecule has 2 aromatic carbocycles. The summed E-state index contributed by atoms with van der Waals surface area (Å²) in [6.45, 7) is 29.6. The Hall–Kier alpha value is -2.48. The zero-order chi connectivity index (χ0) is 52.9. The van der Waals surface area contributed by atoms with E-state index in [1.165, 1.54) is 11.1 Å². The Morgan fingerprint density at radius 1 is 0.486 bits per heavy atom. The van der Waals surface area contributed by atoms with Crippen LogP contribution in [0.5, 0.6) is 5.75 Å². The smallest absolute Gasteiger partial charge is 0.118 e. The van der Waals surface area contributed by atoms with Crippen molar-refractivity contribution in [3.63, 3.8) is 0 Å². The molecule has 0 amide bonds. The van der Waals surface area contributed by atoms with Crippen LogP contribution in [-0.4, -0.2) is 251 Å². The van der Waals surface area contributed by atoms with Gasteiger partial charge in [-0.2, -0.15) is 0 Å². The fourth-order valence-corrected chi connectivity index (χ4v) is 9.47. The lowest BCUT2D eigenvalue weighted by Gasteiger charge is -2.28. The largest absolute Gasteiger partial charge is 0.497 e. The Morgan fingerprint density at radius 3 is 1.18 bits per heavy atom. The Balaban J connectivity index is 0.000000232. The van der Waals surface area contributed by atoms with Gasteiger partial charge >= 0.3 is 0 Å². The maximum atomic E-state index is 9.35. The zero-order valence-electron chi connectivity index (χ0n) is 46.4. The highest BCUT2D eigenvalue weighted by molar-refractivity contribution is 5.28. The predicted molar refractivity (Wildman–Crippen MR) is 302 cm³/mol. The number of aliphatic hydroxyl groups is 1. The van der Waals surface area contributed by atoms with Crippen molar-refractivity contribution < 1.29 is 9.84 Å². The van der Waals surface area contributed by atoms with Gasteiger partial charge in [-0.3, -0.25) is 0 Å². The molecule has 0 aliphatic carbocycles. The summed E-state index contributed by atoms with van der Waals surface area (Å²) < 4.78 is 5.15. The molecule has 8 rings (SSSR count). The minimum atomic E-state index is -0.203. The van der Waals surface area contributed by atoms with Crippen molar-refractivity contribution in [3.05, 3.63) is 65.7 Å². The van der Waals surface area contributed by atoms with E-state index in [0.29, 0.717) is 0 Å². The van der Waals surface area contributed by atoms with Gasteiger partial charge in [0.1, 0.15) is 5.75 Å². The van der Waals surface area contributed by atoms with Crippen LogP contribution in [0.4, 0.5) is 0 Å². The zero-order valence-corrected chi connectivity index (χ0v) is 46.4. The molecule has 19 heteroatoms. The van der Waals surface area contributed by atoms with Gasteiger partial charge in [0.15, 0.2) is 0 Å². The van der Waals surface area contributed by atoms with Crippen molar-refractivity contribution in [2.45, 2.75) is 73.8 Å². The second kappa shape index (κ2) is 33.5. The van der Waals surface area contributed by atoms with Gasteiger partial charge in [0.2, 0.25) is 0 Å². The summed E-state index contributed by atoms with van der Waals surface area (Å²) >= 11 is 0. The second-order valence-electron chi connectivity index (χ2n) is 22.5. The van der Waals surface area contributed by atoms with E-state index in [2.05, 4.69) is 133 Å². The van der Waals surface area contributed by atoms with Gasteiger partial charge in [-0.1, -0.05) is 49.4 Å². The number of aliphatic hydroxyl groups excluding tert-OH is 1. The number of hydrogen-bond donors (Lipinski definition) is 14. The number of nitrogens with two attached hydrogens (primary N) is 5. The highest BCUT2D eigenvalue weighted by atomic mass is 16.5. The summed E-state index contributed by atoms with van der Waals surface area (Å²) in [6, 6.07) is 18.6. The van der Waals surface area contributed by atoms with Gasteiger partial charge in [-0.15, -0.1) is 0 Å². The molecule has 6 aliphatic heterocycles. The lowest BCUT2D eigenvalue weighted by molar-refractivity contribution is 0.123. The molecule has 6 heterocycles. The van der Waals surface area contributed by atoms with Crippen LogP contribution in [0.2, 0.25) is 0 Å². The fourth-order valence-electron chi connectivity index (χ4n) is 9.47. The van der Waals surface area contributed by atoms with Crippen molar-refractivity contribution in [1.82, 2.24) is 62.1 Å². The van der Waals surface area contributed by atoms with Gasteiger partial charge in [-0.05, 0) is 84.6 Å². The van der Waals surface area contributed by atoms with Crippen molar-refractivity contribution in [2.75, 3.05) is 192 Å². The first kappa shape index (κ1) is 63.8. The van der Waals surface area contributed by atoms with Crippen molar-refractivity contribution in [2.24, 2.45) is 28.7 Å². The SMILES string of the molecule is CC1(N)CNCCNC1.CCC1(N)CNCCNC1.CN1CCN(C)CC(C)(N)C1.CN1CCN(C)CC(O)C1.COc1ccc(CC2(N)CNCCNC2)cc1.NC1(Cc2ccccc2)CNCCNC1. The lowest BCUT2D eigenvalue weighted by atomic mass is 9.92. The van der Waals surface area contributed by atoms with Crippen LogP contribution < -0.4 is 75.9 Å². The molecular weight excluding hydrogens is 907 g/mol. The van der Waals surface area contributed by atoms with E-state index in [1.54, 1.807) is 7.11 Å². The molecule has 19 nitrogen and oxygen atoms in total. The van der Waals surface area contributed by atoms with E-state index >= 15 is 0 Å². The number of hydrogen-bond acceptors (Lipinski definition) is 19. The number of ether oxygens (including phenoxy) is 1. The molecule has 6 fully saturated rings. The maximum absolute atomic E-state index is 9.35. The Kier molecular flexibility index (Phi) is 29.7. The Labute approximate surface area is 436 Å². The molecular formula is C53H107N17O2. The molecule has 6 aliphatic rings. The molecule has 416 valence electrons. The van der Waals surface area contributed by atoms with Crippen LogP contribution in [0, 0.1) is 0 Å². The molecule has 0 bridgehead atoms. The molecule has 0 spiro atoms. The summed E-state index contributed by atoms with van der Waals surface area (Å²) in [5.74, 6) is 0.886. The van der Waals surface area contributed by atoms with Gasteiger partial charge in [-0.25, -0.2) is 0 Å². The first-order valence-electron chi connectivity index (χ1n) is 26.8. The summed E-state index contributed by atoms with van der Waals surface area (Å²) in [5.41, 5.74) is 32.8. The van der Waals surface area contributed by atoms with Crippen LogP contribution >= 0.6 is 0 Å². The number of methoxy groups -OCH3 is 1. The molecule has 72 heavy (non-hydrogen) atoms. The Bertz CT molecular complexity index is 1620. The number of β-amino-alcohol motifs (C(OH)–C–C–N with tert-alkyl or cyclic N) is 1. The third kappa shape index (κ3) is 28.4. The van der Waals surface area contributed by atoms with Crippen molar-refractivity contribution >= 4 is 0 Å². The van der Waals surface area contributed by atoms with Crippen molar-refractivity contribution in [1.29, 1.82) is 0 Å². The van der Waals surface area contributed by atoms with Crippen LogP contribution in [0.25, 0.3) is 0 Å².